The Morgan fingerprint density at radius 1 is 1.39 bits per heavy atom. The SMILES string of the molecule is CCNCc1ccnc(N2CCC(C)C(C)C2)c1. The summed E-state index contributed by atoms with van der Waals surface area (Å²) in [6.45, 7) is 11.1. The molecular weight excluding hydrogens is 222 g/mol. The first-order valence-electron chi connectivity index (χ1n) is 7.11. The monoisotopic (exact) mass is 247 g/mol. The number of hydrogen-bond acceptors (Lipinski definition) is 3. The summed E-state index contributed by atoms with van der Waals surface area (Å²) in [5.74, 6) is 2.74. The first kappa shape index (κ1) is 13.3. The molecule has 0 radical (unpaired) electrons. The fraction of sp³-hybridized carbons (Fsp3) is 0.667. The average molecular weight is 247 g/mol. The van der Waals surface area contributed by atoms with Gasteiger partial charge in [0, 0.05) is 25.8 Å². The van der Waals surface area contributed by atoms with Crippen LogP contribution in [-0.4, -0.2) is 24.6 Å². The minimum Gasteiger partial charge on any atom is -0.356 e. The van der Waals surface area contributed by atoms with Crippen LogP contribution in [0, 0.1) is 11.8 Å². The highest BCUT2D eigenvalue weighted by atomic mass is 15.2. The van der Waals surface area contributed by atoms with Crippen molar-refractivity contribution in [3.8, 4) is 0 Å². The molecule has 0 saturated carbocycles. The molecular formula is C15H25N3. The summed E-state index contributed by atoms with van der Waals surface area (Å²) in [4.78, 5) is 6.96. The van der Waals surface area contributed by atoms with Crippen molar-refractivity contribution in [1.82, 2.24) is 10.3 Å². The Hall–Kier alpha value is -1.09. The molecule has 1 saturated heterocycles. The van der Waals surface area contributed by atoms with Gasteiger partial charge in [0.1, 0.15) is 5.82 Å². The number of aromatic nitrogens is 1. The predicted octanol–water partition coefficient (Wildman–Crippen LogP) is 2.67. The summed E-state index contributed by atoms with van der Waals surface area (Å²) in [5, 5.41) is 3.36. The number of rotatable bonds is 4. The van der Waals surface area contributed by atoms with Gasteiger partial charge in [-0.05, 0) is 42.5 Å². The normalized spacial score (nSPS) is 24.3. The Bertz CT molecular complexity index is 378. The fourth-order valence-corrected chi connectivity index (χ4v) is 2.48. The van der Waals surface area contributed by atoms with E-state index < -0.39 is 0 Å². The van der Waals surface area contributed by atoms with Gasteiger partial charge in [0.15, 0.2) is 0 Å². The quantitative estimate of drug-likeness (QED) is 0.886. The van der Waals surface area contributed by atoms with Crippen molar-refractivity contribution in [2.45, 2.75) is 33.7 Å². The van der Waals surface area contributed by atoms with Crippen molar-refractivity contribution in [1.29, 1.82) is 0 Å². The van der Waals surface area contributed by atoms with Crippen LogP contribution in [0.2, 0.25) is 0 Å². The average Bonchev–Trinajstić information content (AvgIpc) is 2.40. The van der Waals surface area contributed by atoms with E-state index in [1.54, 1.807) is 0 Å². The second-order valence-electron chi connectivity index (χ2n) is 5.49. The topological polar surface area (TPSA) is 28.2 Å². The molecule has 100 valence electrons. The Balaban J connectivity index is 2.04. The lowest BCUT2D eigenvalue weighted by Crippen LogP contribution is -2.38. The summed E-state index contributed by atoms with van der Waals surface area (Å²) in [7, 11) is 0. The lowest BCUT2D eigenvalue weighted by Gasteiger charge is -2.36. The van der Waals surface area contributed by atoms with Gasteiger partial charge in [0.05, 0.1) is 0 Å². The van der Waals surface area contributed by atoms with Gasteiger partial charge in [-0.3, -0.25) is 0 Å². The predicted molar refractivity (Wildman–Crippen MR) is 76.8 cm³/mol. The molecule has 0 aliphatic carbocycles. The molecule has 1 N–H and O–H groups in total. The van der Waals surface area contributed by atoms with Crippen molar-refractivity contribution in [3.63, 3.8) is 0 Å². The molecule has 2 heterocycles. The fourth-order valence-electron chi connectivity index (χ4n) is 2.48. The van der Waals surface area contributed by atoms with Gasteiger partial charge in [-0.2, -0.15) is 0 Å². The van der Waals surface area contributed by atoms with Gasteiger partial charge < -0.3 is 10.2 Å². The zero-order chi connectivity index (χ0) is 13.0. The Morgan fingerprint density at radius 3 is 2.94 bits per heavy atom. The molecule has 1 aromatic rings. The van der Waals surface area contributed by atoms with E-state index in [1.807, 2.05) is 6.20 Å². The van der Waals surface area contributed by atoms with Crippen LogP contribution in [0.4, 0.5) is 5.82 Å². The number of nitrogens with zero attached hydrogens (tertiary/aromatic N) is 2. The molecule has 1 aliphatic rings. The largest absolute Gasteiger partial charge is 0.356 e. The molecule has 3 nitrogen and oxygen atoms in total. The highest BCUT2D eigenvalue weighted by molar-refractivity contribution is 5.41. The van der Waals surface area contributed by atoms with E-state index in [0.717, 1.165) is 43.8 Å². The van der Waals surface area contributed by atoms with Crippen LogP contribution >= 0.6 is 0 Å². The molecule has 0 spiro atoms. The molecule has 3 heteroatoms. The van der Waals surface area contributed by atoms with Gasteiger partial charge in [-0.1, -0.05) is 20.8 Å². The minimum atomic E-state index is 0.762. The summed E-state index contributed by atoms with van der Waals surface area (Å²) in [6, 6.07) is 4.33. The van der Waals surface area contributed by atoms with E-state index in [4.69, 9.17) is 0 Å². The smallest absolute Gasteiger partial charge is 0.128 e. The van der Waals surface area contributed by atoms with Crippen LogP contribution in [-0.2, 0) is 6.54 Å². The zero-order valence-corrected chi connectivity index (χ0v) is 11.8. The minimum absolute atomic E-state index is 0.762. The van der Waals surface area contributed by atoms with Crippen LogP contribution in [0.15, 0.2) is 18.3 Å². The molecule has 1 aromatic heterocycles. The molecule has 0 amide bonds. The first-order valence-corrected chi connectivity index (χ1v) is 7.11. The maximum atomic E-state index is 4.53. The summed E-state index contributed by atoms with van der Waals surface area (Å²) >= 11 is 0. The first-order chi connectivity index (χ1) is 8.70. The van der Waals surface area contributed by atoms with E-state index in [9.17, 15) is 0 Å². The van der Waals surface area contributed by atoms with Crippen molar-refractivity contribution in [3.05, 3.63) is 23.9 Å². The maximum Gasteiger partial charge on any atom is 0.128 e. The van der Waals surface area contributed by atoms with Crippen LogP contribution in [0.1, 0.15) is 32.8 Å². The van der Waals surface area contributed by atoms with Crippen molar-refractivity contribution in [2.24, 2.45) is 11.8 Å². The highest BCUT2D eigenvalue weighted by Gasteiger charge is 2.23. The number of piperidine rings is 1. The maximum absolute atomic E-state index is 4.53. The summed E-state index contributed by atoms with van der Waals surface area (Å²) in [6.07, 6.45) is 3.21. The molecule has 1 aliphatic heterocycles. The third-order valence-electron chi connectivity index (χ3n) is 4.05. The second-order valence-corrected chi connectivity index (χ2v) is 5.49. The molecule has 0 aromatic carbocycles. The Kier molecular flexibility index (Phi) is 4.59. The van der Waals surface area contributed by atoms with Crippen LogP contribution in [0.3, 0.4) is 0 Å². The summed E-state index contributed by atoms with van der Waals surface area (Å²) in [5.41, 5.74) is 1.33. The van der Waals surface area contributed by atoms with E-state index in [2.05, 4.69) is 48.1 Å². The summed E-state index contributed by atoms with van der Waals surface area (Å²) < 4.78 is 0. The number of pyridine rings is 1. The van der Waals surface area contributed by atoms with Crippen LogP contribution < -0.4 is 10.2 Å². The van der Waals surface area contributed by atoms with Crippen LogP contribution in [0.25, 0.3) is 0 Å². The highest BCUT2D eigenvalue weighted by Crippen LogP contribution is 2.26. The molecule has 2 rings (SSSR count). The van der Waals surface area contributed by atoms with E-state index >= 15 is 0 Å². The van der Waals surface area contributed by atoms with Gasteiger partial charge in [0.2, 0.25) is 0 Å². The molecule has 2 unspecified atom stereocenters. The van der Waals surface area contributed by atoms with Crippen LogP contribution in [0.5, 0.6) is 0 Å². The molecule has 0 bridgehead atoms. The second kappa shape index (κ2) is 6.19. The van der Waals surface area contributed by atoms with Crippen molar-refractivity contribution < 1.29 is 0 Å². The third-order valence-corrected chi connectivity index (χ3v) is 4.05. The molecule has 18 heavy (non-hydrogen) atoms. The Labute approximate surface area is 111 Å². The van der Waals surface area contributed by atoms with Gasteiger partial charge in [0.25, 0.3) is 0 Å². The number of anilines is 1. The van der Waals surface area contributed by atoms with Gasteiger partial charge >= 0.3 is 0 Å². The Morgan fingerprint density at radius 2 is 2.22 bits per heavy atom. The van der Waals surface area contributed by atoms with Gasteiger partial charge in [-0.15, -0.1) is 0 Å². The van der Waals surface area contributed by atoms with E-state index in [-0.39, 0.29) is 0 Å². The van der Waals surface area contributed by atoms with E-state index in [1.165, 1.54) is 12.0 Å². The lowest BCUT2D eigenvalue weighted by atomic mass is 9.89. The molecule has 1 fully saturated rings. The number of hydrogen-bond donors (Lipinski definition) is 1. The van der Waals surface area contributed by atoms with Gasteiger partial charge in [-0.25, -0.2) is 4.98 Å². The standard InChI is InChI=1S/C15H25N3/c1-4-16-10-14-5-7-17-15(9-14)18-8-6-12(2)13(3)11-18/h5,7,9,12-13,16H,4,6,8,10-11H2,1-3H3. The van der Waals surface area contributed by atoms with Crippen molar-refractivity contribution >= 4 is 5.82 Å². The zero-order valence-electron chi connectivity index (χ0n) is 11.8. The third kappa shape index (κ3) is 3.22. The molecule has 2 atom stereocenters. The van der Waals surface area contributed by atoms with E-state index in [0.29, 0.717) is 0 Å². The van der Waals surface area contributed by atoms with Crippen molar-refractivity contribution in [2.75, 3.05) is 24.5 Å². The number of nitrogens with one attached hydrogen (secondary N) is 1. The lowest BCUT2D eigenvalue weighted by molar-refractivity contribution is 0.323.